The molecule has 1 atom stereocenters. The predicted octanol–water partition coefficient (Wildman–Crippen LogP) is 0.762. The van der Waals surface area contributed by atoms with Crippen molar-refractivity contribution in [2.75, 3.05) is 51.8 Å². The summed E-state index contributed by atoms with van der Waals surface area (Å²) >= 11 is 0. The van der Waals surface area contributed by atoms with E-state index in [0.717, 1.165) is 6.07 Å². The molecule has 1 heterocycles. The van der Waals surface area contributed by atoms with Crippen LogP contribution in [0.5, 0.6) is 0 Å². The number of nitrogens with two attached hydrogens (primary N) is 1. The largest absolute Gasteiger partial charge is 0.418 e. The van der Waals surface area contributed by atoms with Crippen molar-refractivity contribution in [1.29, 1.82) is 0 Å². The number of para-hydroxylation sites is 1. The van der Waals surface area contributed by atoms with Crippen LogP contribution in [0, 0.1) is 0 Å². The first kappa shape index (κ1) is 21.1. The van der Waals surface area contributed by atoms with Crippen molar-refractivity contribution in [3.63, 3.8) is 0 Å². The first-order valence-corrected chi connectivity index (χ1v) is 8.44. The number of nitrogens with zero attached hydrogens (tertiary/aromatic N) is 2. The number of ether oxygens (including phenoxy) is 1. The second-order valence-electron chi connectivity index (χ2n) is 6.25. The van der Waals surface area contributed by atoms with Gasteiger partial charge in [0.05, 0.1) is 24.4 Å². The van der Waals surface area contributed by atoms with Crippen LogP contribution < -0.4 is 11.1 Å². The summed E-state index contributed by atoms with van der Waals surface area (Å²) in [6.07, 6.45) is -4.54. The summed E-state index contributed by atoms with van der Waals surface area (Å²) in [4.78, 5) is 27.6. The molecule has 1 aromatic rings. The third-order valence-corrected chi connectivity index (χ3v) is 4.22. The van der Waals surface area contributed by atoms with Crippen LogP contribution in [0.15, 0.2) is 24.3 Å². The SMILES string of the molecule is COCC(N)C(=O)N1CCN(CC(=O)Nc2ccccc2C(F)(F)F)CC1. The number of hydrogen-bond acceptors (Lipinski definition) is 5. The zero-order chi connectivity index (χ0) is 20.0. The second kappa shape index (κ2) is 9.16. The van der Waals surface area contributed by atoms with Gasteiger partial charge in [0, 0.05) is 33.3 Å². The Bertz CT molecular complexity index is 661. The highest BCUT2D eigenvalue weighted by Crippen LogP contribution is 2.34. The number of benzene rings is 1. The number of alkyl halides is 3. The number of piperazine rings is 1. The number of carbonyl (C=O) groups excluding carboxylic acids is 2. The lowest BCUT2D eigenvalue weighted by molar-refractivity contribution is -0.137. The maximum atomic E-state index is 13.0. The van der Waals surface area contributed by atoms with Crippen molar-refractivity contribution < 1.29 is 27.5 Å². The molecule has 1 saturated heterocycles. The Morgan fingerprint density at radius 2 is 1.85 bits per heavy atom. The van der Waals surface area contributed by atoms with Crippen LogP contribution in [0.25, 0.3) is 0 Å². The molecule has 1 aliphatic heterocycles. The van der Waals surface area contributed by atoms with Gasteiger partial charge in [0.2, 0.25) is 11.8 Å². The van der Waals surface area contributed by atoms with Crippen molar-refractivity contribution >= 4 is 17.5 Å². The molecule has 2 amide bonds. The molecule has 27 heavy (non-hydrogen) atoms. The second-order valence-corrected chi connectivity index (χ2v) is 6.25. The predicted molar refractivity (Wildman–Crippen MR) is 92.9 cm³/mol. The molecule has 1 unspecified atom stereocenters. The Hall–Kier alpha value is -2.17. The average molecular weight is 388 g/mol. The molecule has 0 aliphatic carbocycles. The molecule has 0 radical (unpaired) electrons. The average Bonchev–Trinajstić information content (AvgIpc) is 2.61. The fourth-order valence-electron chi connectivity index (χ4n) is 2.84. The minimum absolute atomic E-state index is 0.0572. The molecule has 3 N–H and O–H groups in total. The smallest absolute Gasteiger partial charge is 0.383 e. The first-order valence-electron chi connectivity index (χ1n) is 8.44. The van der Waals surface area contributed by atoms with Gasteiger partial charge in [-0.05, 0) is 12.1 Å². The van der Waals surface area contributed by atoms with Crippen molar-refractivity contribution in [1.82, 2.24) is 9.80 Å². The van der Waals surface area contributed by atoms with E-state index >= 15 is 0 Å². The van der Waals surface area contributed by atoms with E-state index in [9.17, 15) is 22.8 Å². The van der Waals surface area contributed by atoms with Crippen LogP contribution >= 0.6 is 0 Å². The van der Waals surface area contributed by atoms with E-state index in [1.807, 2.05) is 0 Å². The van der Waals surface area contributed by atoms with E-state index in [1.54, 1.807) is 9.80 Å². The van der Waals surface area contributed by atoms with Gasteiger partial charge in [-0.15, -0.1) is 0 Å². The van der Waals surface area contributed by atoms with Gasteiger partial charge in [-0.1, -0.05) is 12.1 Å². The molecule has 2 rings (SSSR count). The Balaban J connectivity index is 1.86. The standard InChI is InChI=1S/C17H23F3N4O3/c1-27-11-13(21)16(26)24-8-6-23(7-9-24)10-15(25)22-14-5-3-2-4-12(14)17(18,19)20/h2-5,13H,6-11,21H2,1H3,(H,22,25). The molecule has 7 nitrogen and oxygen atoms in total. The third kappa shape index (κ3) is 5.91. The van der Waals surface area contributed by atoms with Crippen LogP contribution in [-0.2, 0) is 20.5 Å². The summed E-state index contributed by atoms with van der Waals surface area (Å²) < 4.78 is 43.8. The zero-order valence-electron chi connectivity index (χ0n) is 15.0. The molecule has 0 aromatic heterocycles. The molecule has 0 bridgehead atoms. The highest BCUT2D eigenvalue weighted by Gasteiger charge is 2.33. The van der Waals surface area contributed by atoms with Gasteiger partial charge in [0.1, 0.15) is 6.04 Å². The fourth-order valence-corrected chi connectivity index (χ4v) is 2.84. The number of rotatable bonds is 6. The van der Waals surface area contributed by atoms with Crippen LogP contribution in [0.3, 0.4) is 0 Å². The first-order chi connectivity index (χ1) is 12.7. The number of amides is 2. The molecule has 0 spiro atoms. The van der Waals surface area contributed by atoms with Crippen molar-refractivity contribution in [2.45, 2.75) is 12.2 Å². The highest BCUT2D eigenvalue weighted by molar-refractivity contribution is 5.93. The van der Waals surface area contributed by atoms with Crippen molar-refractivity contribution in [3.8, 4) is 0 Å². The van der Waals surface area contributed by atoms with Crippen LogP contribution in [0.4, 0.5) is 18.9 Å². The zero-order valence-corrected chi connectivity index (χ0v) is 15.0. The van der Waals surface area contributed by atoms with E-state index in [2.05, 4.69) is 5.32 Å². The summed E-state index contributed by atoms with van der Waals surface area (Å²) in [5, 5.41) is 2.32. The summed E-state index contributed by atoms with van der Waals surface area (Å²) in [6, 6.07) is 4.10. The van der Waals surface area contributed by atoms with Gasteiger partial charge in [-0.2, -0.15) is 13.2 Å². The Labute approximate surface area is 155 Å². The van der Waals surface area contributed by atoms with Crippen LogP contribution in [0.1, 0.15) is 5.56 Å². The van der Waals surface area contributed by atoms with E-state index in [-0.39, 0.29) is 24.7 Å². The molecular weight excluding hydrogens is 365 g/mol. The summed E-state index contributed by atoms with van der Waals surface area (Å²) in [5.74, 6) is -0.761. The summed E-state index contributed by atoms with van der Waals surface area (Å²) in [7, 11) is 1.46. The van der Waals surface area contributed by atoms with E-state index in [1.165, 1.54) is 25.3 Å². The molecular formula is C17H23F3N4O3. The summed E-state index contributed by atoms with van der Waals surface area (Å²) in [5.41, 5.74) is 4.57. The number of carbonyl (C=O) groups is 2. The number of halogens is 3. The fraction of sp³-hybridized carbons (Fsp3) is 0.529. The Kier molecular flexibility index (Phi) is 7.17. The lowest BCUT2D eigenvalue weighted by Crippen LogP contribution is -2.55. The molecule has 0 saturated carbocycles. The maximum Gasteiger partial charge on any atom is 0.418 e. The summed E-state index contributed by atoms with van der Waals surface area (Å²) in [6.45, 7) is 1.71. The maximum absolute atomic E-state index is 13.0. The van der Waals surface area contributed by atoms with Gasteiger partial charge in [-0.3, -0.25) is 14.5 Å². The molecule has 10 heteroatoms. The minimum atomic E-state index is -4.54. The van der Waals surface area contributed by atoms with Gasteiger partial charge < -0.3 is 20.7 Å². The molecule has 1 aliphatic rings. The lowest BCUT2D eigenvalue weighted by Gasteiger charge is -2.35. The number of hydrogen-bond donors (Lipinski definition) is 2. The quantitative estimate of drug-likeness (QED) is 0.751. The minimum Gasteiger partial charge on any atom is -0.383 e. The van der Waals surface area contributed by atoms with Crippen molar-refractivity contribution in [3.05, 3.63) is 29.8 Å². The van der Waals surface area contributed by atoms with Gasteiger partial charge >= 0.3 is 6.18 Å². The topological polar surface area (TPSA) is 87.9 Å². The number of methoxy groups -OCH3 is 1. The monoisotopic (exact) mass is 388 g/mol. The number of anilines is 1. The van der Waals surface area contributed by atoms with Gasteiger partial charge in [0.25, 0.3) is 0 Å². The van der Waals surface area contributed by atoms with E-state index < -0.39 is 23.7 Å². The van der Waals surface area contributed by atoms with Crippen molar-refractivity contribution in [2.24, 2.45) is 5.73 Å². The molecule has 150 valence electrons. The van der Waals surface area contributed by atoms with Crippen LogP contribution in [0.2, 0.25) is 0 Å². The van der Waals surface area contributed by atoms with Gasteiger partial charge in [0.15, 0.2) is 0 Å². The van der Waals surface area contributed by atoms with Crippen LogP contribution in [-0.4, -0.2) is 74.1 Å². The Morgan fingerprint density at radius 1 is 1.22 bits per heavy atom. The number of nitrogens with one attached hydrogen (secondary N) is 1. The van der Waals surface area contributed by atoms with E-state index in [4.69, 9.17) is 10.5 Å². The third-order valence-electron chi connectivity index (χ3n) is 4.22. The highest BCUT2D eigenvalue weighted by atomic mass is 19.4. The molecule has 1 aromatic carbocycles. The normalized spacial score (nSPS) is 16.9. The van der Waals surface area contributed by atoms with E-state index in [0.29, 0.717) is 26.2 Å². The Morgan fingerprint density at radius 3 is 2.44 bits per heavy atom. The molecule has 1 fully saturated rings. The van der Waals surface area contributed by atoms with Gasteiger partial charge in [-0.25, -0.2) is 0 Å². The lowest BCUT2D eigenvalue weighted by atomic mass is 10.1.